The molecule has 3 rings (SSSR count). The highest BCUT2D eigenvalue weighted by Gasteiger charge is 2.29. The van der Waals surface area contributed by atoms with Gasteiger partial charge in [0.1, 0.15) is 5.75 Å². The van der Waals surface area contributed by atoms with Gasteiger partial charge in [-0.1, -0.05) is 6.07 Å². The molecule has 7 heteroatoms. The van der Waals surface area contributed by atoms with E-state index >= 15 is 0 Å². The quantitative estimate of drug-likeness (QED) is 0.507. The van der Waals surface area contributed by atoms with Crippen molar-refractivity contribution < 1.29 is 19.6 Å². The minimum Gasteiger partial charge on any atom is -0.508 e. The highest BCUT2D eigenvalue weighted by molar-refractivity contribution is 5.98. The van der Waals surface area contributed by atoms with E-state index < -0.39 is 4.92 Å². The van der Waals surface area contributed by atoms with Crippen molar-refractivity contribution in [3.63, 3.8) is 0 Å². The first-order valence-corrected chi connectivity index (χ1v) is 8.74. The number of hydrogen-bond acceptors (Lipinski definition) is 5. The second kappa shape index (κ2) is 7.57. The van der Waals surface area contributed by atoms with E-state index in [-0.39, 0.29) is 34.6 Å². The van der Waals surface area contributed by atoms with Crippen LogP contribution in [0, 0.1) is 23.0 Å². The molecule has 7 nitrogen and oxygen atoms in total. The fraction of sp³-hybridized carbons (Fsp3) is 0.300. The lowest BCUT2D eigenvalue weighted by molar-refractivity contribution is -0.385. The molecule has 1 saturated heterocycles. The highest BCUT2D eigenvalue weighted by atomic mass is 16.6. The Kier molecular flexibility index (Phi) is 5.21. The summed E-state index contributed by atoms with van der Waals surface area (Å²) in [6.45, 7) is 2.48. The van der Waals surface area contributed by atoms with Crippen LogP contribution >= 0.6 is 0 Å². The number of Topliss-reactive ketones (excluding diaryl/α,β-unsaturated/α-hetero) is 1. The first-order valence-electron chi connectivity index (χ1n) is 8.74. The molecule has 1 fully saturated rings. The maximum atomic E-state index is 12.7. The monoisotopic (exact) mass is 368 g/mol. The smallest absolute Gasteiger partial charge is 0.273 e. The van der Waals surface area contributed by atoms with Crippen molar-refractivity contribution in [3.8, 4) is 5.75 Å². The number of aromatic hydroxyl groups is 1. The van der Waals surface area contributed by atoms with Crippen molar-refractivity contribution >= 4 is 17.4 Å². The number of carbonyl (C=O) groups excluding carboxylic acids is 2. The van der Waals surface area contributed by atoms with E-state index in [2.05, 4.69) is 0 Å². The topological polar surface area (TPSA) is 101 Å². The average molecular weight is 368 g/mol. The van der Waals surface area contributed by atoms with Crippen LogP contribution in [0.2, 0.25) is 0 Å². The van der Waals surface area contributed by atoms with Gasteiger partial charge in [0, 0.05) is 41.8 Å². The zero-order chi connectivity index (χ0) is 19.6. The van der Waals surface area contributed by atoms with Gasteiger partial charge in [0.25, 0.3) is 11.6 Å². The van der Waals surface area contributed by atoms with Crippen LogP contribution in [0.15, 0.2) is 42.5 Å². The molecule has 0 spiro atoms. The number of aryl methyl sites for hydroxylation is 1. The zero-order valence-corrected chi connectivity index (χ0v) is 14.9. The van der Waals surface area contributed by atoms with Gasteiger partial charge in [-0.25, -0.2) is 0 Å². The molecule has 27 heavy (non-hydrogen) atoms. The van der Waals surface area contributed by atoms with E-state index in [0.717, 1.165) is 0 Å². The summed E-state index contributed by atoms with van der Waals surface area (Å²) in [5, 5.41) is 20.4. The third-order valence-electron chi connectivity index (χ3n) is 4.96. The molecule has 1 N–H and O–H groups in total. The standard InChI is InChI=1S/C20H20N2O5/c1-13-2-3-16(12-18(13)22(26)27)20(25)21-10-8-15(9-11-21)19(24)14-4-6-17(23)7-5-14/h2-7,12,15,23H,8-11H2,1H3. The number of nitro benzene ring substituents is 1. The van der Waals surface area contributed by atoms with Crippen LogP contribution < -0.4 is 0 Å². The number of ketones is 1. The Hall–Kier alpha value is -3.22. The summed E-state index contributed by atoms with van der Waals surface area (Å²) in [6, 6.07) is 10.6. The molecule has 0 saturated carbocycles. The second-order valence-corrected chi connectivity index (χ2v) is 6.74. The molecular formula is C20H20N2O5. The number of benzene rings is 2. The molecule has 0 atom stereocenters. The summed E-state index contributed by atoms with van der Waals surface area (Å²) in [5.41, 5.74) is 1.27. The van der Waals surface area contributed by atoms with Crippen molar-refractivity contribution in [1.82, 2.24) is 4.90 Å². The largest absolute Gasteiger partial charge is 0.508 e. The number of hydrogen-bond donors (Lipinski definition) is 1. The number of rotatable bonds is 4. The van der Waals surface area contributed by atoms with Crippen LogP contribution in [0.4, 0.5) is 5.69 Å². The lowest BCUT2D eigenvalue weighted by atomic mass is 9.88. The molecular weight excluding hydrogens is 348 g/mol. The minimum atomic E-state index is -0.491. The van der Waals surface area contributed by atoms with Gasteiger partial charge in [-0.15, -0.1) is 0 Å². The summed E-state index contributed by atoms with van der Waals surface area (Å²) in [6.07, 6.45) is 1.08. The SMILES string of the molecule is Cc1ccc(C(=O)N2CCC(C(=O)c3ccc(O)cc3)CC2)cc1[N+](=O)[O-]. The third-order valence-corrected chi connectivity index (χ3v) is 4.96. The number of nitro groups is 1. The van der Waals surface area contributed by atoms with Gasteiger partial charge in [0.05, 0.1) is 4.92 Å². The van der Waals surface area contributed by atoms with Crippen molar-refractivity contribution in [2.24, 2.45) is 5.92 Å². The summed E-state index contributed by atoms with van der Waals surface area (Å²) in [5.74, 6) is -0.313. The summed E-state index contributed by atoms with van der Waals surface area (Å²) in [7, 11) is 0. The van der Waals surface area contributed by atoms with Crippen LogP contribution in [0.25, 0.3) is 0 Å². The van der Waals surface area contributed by atoms with Crippen LogP contribution in [0.1, 0.15) is 39.1 Å². The molecule has 2 aromatic carbocycles. The predicted molar refractivity (Wildman–Crippen MR) is 98.9 cm³/mol. The van der Waals surface area contributed by atoms with Gasteiger partial charge >= 0.3 is 0 Å². The van der Waals surface area contributed by atoms with E-state index in [4.69, 9.17) is 0 Å². The van der Waals surface area contributed by atoms with E-state index in [0.29, 0.717) is 37.1 Å². The fourth-order valence-corrected chi connectivity index (χ4v) is 3.33. The van der Waals surface area contributed by atoms with Crippen LogP contribution in [-0.4, -0.2) is 39.7 Å². The van der Waals surface area contributed by atoms with Crippen LogP contribution in [0.5, 0.6) is 5.75 Å². The van der Waals surface area contributed by atoms with E-state index in [1.54, 1.807) is 36.1 Å². The summed E-state index contributed by atoms with van der Waals surface area (Å²) >= 11 is 0. The first kappa shape index (κ1) is 18.6. The number of phenolic OH excluding ortho intramolecular Hbond substituents is 1. The molecule has 0 radical (unpaired) electrons. The molecule has 0 aliphatic carbocycles. The van der Waals surface area contributed by atoms with Crippen LogP contribution in [-0.2, 0) is 0 Å². The van der Waals surface area contributed by atoms with Crippen molar-refractivity contribution in [2.45, 2.75) is 19.8 Å². The lowest BCUT2D eigenvalue weighted by Crippen LogP contribution is -2.40. The Balaban J connectivity index is 1.66. The van der Waals surface area contributed by atoms with Gasteiger partial charge in [0.2, 0.25) is 0 Å². The normalized spacial score (nSPS) is 14.8. The Morgan fingerprint density at radius 3 is 2.26 bits per heavy atom. The minimum absolute atomic E-state index is 0.00747. The molecule has 0 unspecified atom stereocenters. The van der Waals surface area contributed by atoms with E-state index in [1.807, 2.05) is 0 Å². The Morgan fingerprint density at radius 1 is 1.07 bits per heavy atom. The molecule has 1 aliphatic rings. The number of carbonyl (C=O) groups is 2. The summed E-state index contributed by atoms with van der Waals surface area (Å²) in [4.78, 5) is 37.4. The maximum Gasteiger partial charge on any atom is 0.273 e. The number of nitrogens with zero attached hydrogens (tertiary/aromatic N) is 2. The lowest BCUT2D eigenvalue weighted by Gasteiger charge is -2.31. The number of likely N-dealkylation sites (tertiary alicyclic amines) is 1. The average Bonchev–Trinajstić information content (AvgIpc) is 2.68. The Morgan fingerprint density at radius 2 is 1.67 bits per heavy atom. The number of piperidine rings is 1. The van der Waals surface area contributed by atoms with Gasteiger partial charge in [-0.3, -0.25) is 19.7 Å². The highest BCUT2D eigenvalue weighted by Crippen LogP contribution is 2.25. The first-order chi connectivity index (χ1) is 12.9. The molecule has 0 bridgehead atoms. The van der Waals surface area contributed by atoms with Crippen molar-refractivity contribution in [3.05, 3.63) is 69.3 Å². The Bertz CT molecular complexity index is 884. The molecule has 1 aliphatic heterocycles. The number of phenols is 1. The molecule has 2 aromatic rings. The predicted octanol–water partition coefficient (Wildman–Crippen LogP) is 3.34. The molecule has 1 amide bonds. The van der Waals surface area contributed by atoms with E-state index in [1.165, 1.54) is 18.2 Å². The molecule has 140 valence electrons. The Labute approximate surface area is 156 Å². The summed E-state index contributed by atoms with van der Waals surface area (Å²) < 4.78 is 0. The van der Waals surface area contributed by atoms with Gasteiger partial charge in [-0.05, 0) is 50.1 Å². The van der Waals surface area contributed by atoms with Gasteiger partial charge < -0.3 is 10.0 Å². The maximum absolute atomic E-state index is 12.7. The van der Waals surface area contributed by atoms with Gasteiger partial charge in [0.15, 0.2) is 5.78 Å². The second-order valence-electron chi connectivity index (χ2n) is 6.74. The molecule has 0 aromatic heterocycles. The van der Waals surface area contributed by atoms with Crippen LogP contribution in [0.3, 0.4) is 0 Å². The van der Waals surface area contributed by atoms with Gasteiger partial charge in [-0.2, -0.15) is 0 Å². The van der Waals surface area contributed by atoms with Crippen molar-refractivity contribution in [1.29, 1.82) is 0 Å². The number of amides is 1. The third kappa shape index (κ3) is 3.97. The van der Waals surface area contributed by atoms with E-state index in [9.17, 15) is 24.8 Å². The molecule has 1 heterocycles. The zero-order valence-electron chi connectivity index (χ0n) is 14.9. The fourth-order valence-electron chi connectivity index (χ4n) is 3.33. The van der Waals surface area contributed by atoms with Crippen molar-refractivity contribution in [2.75, 3.05) is 13.1 Å².